The Kier molecular flexibility index (Phi) is 2.84. The SMILES string of the molecule is O=C1c2ccccc2/C(=N\O)c2ncn(-c3ccccc3F)c21. The Morgan fingerprint density at radius 1 is 1.04 bits per heavy atom. The van der Waals surface area contributed by atoms with Gasteiger partial charge in [-0.1, -0.05) is 41.6 Å². The molecule has 0 unspecified atom stereocenters. The molecule has 1 aliphatic carbocycles. The Labute approximate surface area is 130 Å². The first-order valence-electron chi connectivity index (χ1n) is 6.91. The fourth-order valence-electron chi connectivity index (χ4n) is 2.81. The van der Waals surface area contributed by atoms with Crippen molar-refractivity contribution in [3.63, 3.8) is 0 Å². The van der Waals surface area contributed by atoms with Crippen LogP contribution in [0.3, 0.4) is 0 Å². The summed E-state index contributed by atoms with van der Waals surface area (Å²) >= 11 is 0. The number of hydrogen-bond donors (Lipinski definition) is 1. The number of fused-ring (bicyclic) bond motifs is 2. The molecular weight excluding hydrogens is 297 g/mol. The molecule has 0 bridgehead atoms. The summed E-state index contributed by atoms with van der Waals surface area (Å²) in [5, 5.41) is 12.6. The lowest BCUT2D eigenvalue weighted by Gasteiger charge is -2.17. The van der Waals surface area contributed by atoms with Gasteiger partial charge in [0.1, 0.15) is 29.2 Å². The summed E-state index contributed by atoms with van der Waals surface area (Å²) in [7, 11) is 0. The van der Waals surface area contributed by atoms with Gasteiger partial charge >= 0.3 is 0 Å². The maximum atomic E-state index is 14.1. The summed E-state index contributed by atoms with van der Waals surface area (Å²) in [6.07, 6.45) is 1.36. The second-order valence-electron chi connectivity index (χ2n) is 5.09. The molecule has 0 saturated carbocycles. The lowest BCUT2D eigenvalue weighted by atomic mass is 9.89. The van der Waals surface area contributed by atoms with Crippen molar-refractivity contribution >= 4 is 11.5 Å². The Bertz CT molecular complexity index is 975. The summed E-state index contributed by atoms with van der Waals surface area (Å²) in [5.41, 5.74) is 1.73. The number of nitrogens with zero attached hydrogens (tertiary/aromatic N) is 3. The monoisotopic (exact) mass is 307 g/mol. The molecule has 1 aliphatic rings. The van der Waals surface area contributed by atoms with Crippen LogP contribution >= 0.6 is 0 Å². The highest BCUT2D eigenvalue weighted by Crippen LogP contribution is 2.29. The van der Waals surface area contributed by atoms with E-state index in [9.17, 15) is 14.4 Å². The lowest BCUT2D eigenvalue weighted by Crippen LogP contribution is -2.23. The molecule has 6 heteroatoms. The van der Waals surface area contributed by atoms with Crippen LogP contribution in [0, 0.1) is 5.82 Å². The number of carbonyl (C=O) groups is 1. The number of carbonyl (C=O) groups excluding carboxylic acids is 1. The van der Waals surface area contributed by atoms with Crippen LogP contribution in [0.15, 0.2) is 60.0 Å². The summed E-state index contributed by atoms with van der Waals surface area (Å²) < 4.78 is 15.5. The molecule has 0 radical (unpaired) electrons. The van der Waals surface area contributed by atoms with E-state index in [4.69, 9.17) is 0 Å². The van der Waals surface area contributed by atoms with Gasteiger partial charge in [-0.25, -0.2) is 9.37 Å². The lowest BCUT2D eigenvalue weighted by molar-refractivity contribution is 0.103. The van der Waals surface area contributed by atoms with Crippen LogP contribution in [-0.2, 0) is 0 Å². The molecule has 112 valence electrons. The molecule has 2 aromatic carbocycles. The maximum Gasteiger partial charge on any atom is 0.212 e. The van der Waals surface area contributed by atoms with E-state index < -0.39 is 5.82 Å². The topological polar surface area (TPSA) is 67.5 Å². The van der Waals surface area contributed by atoms with Gasteiger partial charge in [0, 0.05) is 11.1 Å². The van der Waals surface area contributed by atoms with Crippen LogP contribution in [0.5, 0.6) is 0 Å². The van der Waals surface area contributed by atoms with Crippen molar-refractivity contribution in [1.82, 2.24) is 9.55 Å². The highest BCUT2D eigenvalue weighted by molar-refractivity contribution is 6.28. The number of hydrogen-bond acceptors (Lipinski definition) is 4. The third kappa shape index (κ3) is 1.81. The fourth-order valence-corrected chi connectivity index (χ4v) is 2.81. The maximum absolute atomic E-state index is 14.1. The van der Waals surface area contributed by atoms with Gasteiger partial charge in [0.15, 0.2) is 0 Å². The third-order valence-electron chi connectivity index (χ3n) is 3.85. The number of imidazole rings is 1. The molecule has 5 nitrogen and oxygen atoms in total. The van der Waals surface area contributed by atoms with Crippen LogP contribution in [0.2, 0.25) is 0 Å². The second kappa shape index (κ2) is 4.88. The van der Waals surface area contributed by atoms with Crippen LogP contribution < -0.4 is 0 Å². The molecule has 4 rings (SSSR count). The zero-order chi connectivity index (χ0) is 16.0. The highest BCUT2D eigenvalue weighted by Gasteiger charge is 2.33. The number of rotatable bonds is 1. The molecule has 0 fully saturated rings. The van der Waals surface area contributed by atoms with Gasteiger partial charge in [-0.15, -0.1) is 0 Å². The highest BCUT2D eigenvalue weighted by atomic mass is 19.1. The quantitative estimate of drug-likeness (QED) is 0.434. The molecule has 1 heterocycles. The standard InChI is InChI=1S/C17H10FN3O2/c18-12-7-3-4-8-13(12)21-9-19-15-14(20-23)10-5-1-2-6-11(10)17(22)16(15)21/h1-9,23H/b20-14+. The molecule has 0 spiro atoms. The number of ketones is 1. The normalized spacial score (nSPS) is 14.7. The van der Waals surface area contributed by atoms with E-state index in [1.54, 1.807) is 42.5 Å². The minimum absolute atomic E-state index is 0.182. The predicted octanol–water partition coefficient (Wildman–Crippen LogP) is 2.78. The largest absolute Gasteiger partial charge is 0.410 e. The van der Waals surface area contributed by atoms with Gasteiger partial charge in [0.25, 0.3) is 0 Å². The first-order chi connectivity index (χ1) is 11.2. The molecule has 0 atom stereocenters. The summed E-state index contributed by atoms with van der Waals surface area (Å²) in [6.45, 7) is 0. The summed E-state index contributed by atoms with van der Waals surface area (Å²) in [6, 6.07) is 12.9. The summed E-state index contributed by atoms with van der Waals surface area (Å²) in [5.74, 6) is -0.759. The van der Waals surface area contributed by atoms with E-state index in [1.165, 1.54) is 17.0 Å². The number of halogens is 1. The number of oxime groups is 1. The van der Waals surface area contributed by atoms with Gasteiger partial charge in [-0.05, 0) is 12.1 Å². The smallest absolute Gasteiger partial charge is 0.212 e. The Balaban J connectivity index is 2.02. The average Bonchev–Trinajstić information content (AvgIpc) is 3.01. The zero-order valence-electron chi connectivity index (χ0n) is 11.8. The minimum Gasteiger partial charge on any atom is -0.410 e. The number of aromatic nitrogens is 2. The average molecular weight is 307 g/mol. The van der Waals surface area contributed by atoms with Gasteiger partial charge in [0.05, 0.1) is 5.69 Å². The predicted molar refractivity (Wildman–Crippen MR) is 80.8 cm³/mol. The van der Waals surface area contributed by atoms with Crippen LogP contribution in [0.4, 0.5) is 4.39 Å². The molecule has 1 N–H and O–H groups in total. The van der Waals surface area contributed by atoms with Gasteiger partial charge in [-0.3, -0.25) is 9.36 Å². The molecule has 23 heavy (non-hydrogen) atoms. The van der Waals surface area contributed by atoms with Crippen molar-refractivity contribution in [1.29, 1.82) is 0 Å². The summed E-state index contributed by atoms with van der Waals surface area (Å²) in [4.78, 5) is 17.0. The van der Waals surface area contributed by atoms with Crippen LogP contribution in [0.1, 0.15) is 27.3 Å². The molecule has 3 aromatic rings. The molecule has 0 aliphatic heterocycles. The van der Waals surface area contributed by atoms with E-state index in [1.807, 2.05) is 0 Å². The first kappa shape index (κ1) is 13.4. The van der Waals surface area contributed by atoms with Gasteiger partial charge in [-0.2, -0.15) is 0 Å². The molecular formula is C17H10FN3O2. The molecule has 1 aromatic heterocycles. The fraction of sp³-hybridized carbons (Fsp3) is 0. The third-order valence-corrected chi connectivity index (χ3v) is 3.85. The van der Waals surface area contributed by atoms with Crippen molar-refractivity contribution in [2.45, 2.75) is 0 Å². The van der Waals surface area contributed by atoms with E-state index in [2.05, 4.69) is 10.1 Å². The Morgan fingerprint density at radius 3 is 2.48 bits per heavy atom. The van der Waals surface area contributed by atoms with Gasteiger partial charge < -0.3 is 5.21 Å². The van der Waals surface area contributed by atoms with Crippen molar-refractivity contribution in [3.05, 3.63) is 83.2 Å². The van der Waals surface area contributed by atoms with E-state index >= 15 is 0 Å². The van der Waals surface area contributed by atoms with Crippen molar-refractivity contribution in [3.8, 4) is 5.69 Å². The van der Waals surface area contributed by atoms with Crippen molar-refractivity contribution in [2.24, 2.45) is 5.16 Å². The van der Waals surface area contributed by atoms with Crippen molar-refractivity contribution < 1.29 is 14.4 Å². The minimum atomic E-state index is -0.471. The first-order valence-corrected chi connectivity index (χ1v) is 6.91. The second-order valence-corrected chi connectivity index (χ2v) is 5.09. The Hall–Kier alpha value is -3.28. The molecule has 0 saturated heterocycles. The number of para-hydroxylation sites is 1. The van der Waals surface area contributed by atoms with E-state index in [0.29, 0.717) is 11.1 Å². The number of benzene rings is 2. The van der Waals surface area contributed by atoms with E-state index in [0.717, 1.165) is 0 Å². The van der Waals surface area contributed by atoms with Crippen LogP contribution in [-0.4, -0.2) is 26.3 Å². The Morgan fingerprint density at radius 2 is 1.74 bits per heavy atom. The molecule has 0 amide bonds. The van der Waals surface area contributed by atoms with Gasteiger partial charge in [0.2, 0.25) is 5.78 Å². The van der Waals surface area contributed by atoms with E-state index in [-0.39, 0.29) is 28.6 Å². The van der Waals surface area contributed by atoms with Crippen LogP contribution in [0.25, 0.3) is 5.69 Å². The van der Waals surface area contributed by atoms with Crippen molar-refractivity contribution in [2.75, 3.05) is 0 Å². The zero-order valence-corrected chi connectivity index (χ0v) is 11.8.